The highest BCUT2D eigenvalue weighted by atomic mass is 19.1. The van der Waals surface area contributed by atoms with E-state index in [-0.39, 0.29) is 5.56 Å². The van der Waals surface area contributed by atoms with Crippen molar-refractivity contribution in [3.05, 3.63) is 107 Å². The molecule has 0 aliphatic carbocycles. The van der Waals surface area contributed by atoms with Gasteiger partial charge in [-0.25, -0.2) is 19.2 Å². The van der Waals surface area contributed by atoms with Crippen LogP contribution in [0.4, 0.5) is 10.1 Å². The summed E-state index contributed by atoms with van der Waals surface area (Å²) in [4.78, 5) is 25.2. The average molecular weight is 367 g/mol. The zero-order valence-corrected chi connectivity index (χ0v) is 14.6. The molecule has 0 saturated heterocycles. The van der Waals surface area contributed by atoms with E-state index in [2.05, 4.69) is 14.8 Å². The normalized spacial score (nSPS) is 10.4. The summed E-state index contributed by atoms with van der Waals surface area (Å²) in [6, 6.07) is 16.0. The molecule has 0 saturated carbocycles. The fraction of sp³-hybridized carbons (Fsp3) is 0. The first kappa shape index (κ1) is 17.3. The van der Waals surface area contributed by atoms with Gasteiger partial charge in [0.05, 0.1) is 12.3 Å². The Morgan fingerprint density at radius 3 is 2.46 bits per heavy atom. The van der Waals surface area contributed by atoms with E-state index in [0.717, 1.165) is 0 Å². The molecule has 2 aromatic heterocycles. The molecule has 5 nitrogen and oxygen atoms in total. The van der Waals surface area contributed by atoms with Crippen molar-refractivity contribution in [1.82, 2.24) is 14.5 Å². The smallest absolute Gasteiger partial charge is 0.261 e. The van der Waals surface area contributed by atoms with Crippen LogP contribution in [-0.2, 0) is 0 Å². The summed E-state index contributed by atoms with van der Waals surface area (Å²) in [6.45, 7) is 7.41. The van der Waals surface area contributed by atoms with E-state index in [9.17, 15) is 9.18 Å². The summed E-state index contributed by atoms with van der Waals surface area (Å²) in [5, 5.41) is 0. The summed E-state index contributed by atoms with van der Waals surface area (Å²) in [7, 11) is 0. The Balaban J connectivity index is 2.05. The minimum Gasteiger partial charge on any atom is -0.283 e. The summed E-state index contributed by atoms with van der Waals surface area (Å²) >= 11 is 0. The molecule has 0 atom stereocenters. The molecule has 0 spiro atoms. The minimum absolute atomic E-state index is 0.320. The van der Waals surface area contributed by atoms with Crippen LogP contribution in [0, 0.1) is 12.4 Å². The lowest BCUT2D eigenvalue weighted by Gasteiger charge is -2.12. The first-order chi connectivity index (χ1) is 13.7. The molecular formula is C22H13FN4O. The fourth-order valence-electron chi connectivity index (χ4n) is 2.96. The van der Waals surface area contributed by atoms with Gasteiger partial charge >= 0.3 is 0 Å². The second-order valence-electron chi connectivity index (χ2n) is 6.00. The molecule has 0 radical (unpaired) electrons. The lowest BCUT2D eigenvalue weighted by Crippen LogP contribution is -2.20. The van der Waals surface area contributed by atoms with Crippen molar-refractivity contribution < 1.29 is 4.39 Å². The molecule has 0 amide bonds. The Morgan fingerprint density at radius 1 is 0.929 bits per heavy atom. The number of aromatic nitrogens is 3. The van der Waals surface area contributed by atoms with Gasteiger partial charge in [-0.3, -0.25) is 9.36 Å². The summed E-state index contributed by atoms with van der Waals surface area (Å²) in [5.41, 5.74) is 1.78. The number of halogens is 1. The molecular weight excluding hydrogens is 354 g/mol. The van der Waals surface area contributed by atoms with Crippen LogP contribution in [0.2, 0.25) is 0 Å². The Kier molecular flexibility index (Phi) is 4.48. The Hall–Kier alpha value is -4.11. The van der Waals surface area contributed by atoms with E-state index >= 15 is 0 Å². The van der Waals surface area contributed by atoms with Crippen LogP contribution in [0.25, 0.3) is 33.0 Å². The third-order valence-electron chi connectivity index (χ3n) is 4.24. The lowest BCUT2D eigenvalue weighted by molar-refractivity contribution is 0.626. The van der Waals surface area contributed by atoms with Gasteiger partial charge in [0.1, 0.15) is 5.82 Å². The predicted molar refractivity (Wildman–Crippen MR) is 105 cm³/mol. The average Bonchev–Trinajstić information content (AvgIpc) is 2.74. The van der Waals surface area contributed by atoms with Crippen LogP contribution in [0.5, 0.6) is 0 Å². The van der Waals surface area contributed by atoms with Crippen molar-refractivity contribution in [2.45, 2.75) is 0 Å². The maximum absolute atomic E-state index is 13.8. The molecule has 0 bridgehead atoms. The summed E-state index contributed by atoms with van der Waals surface area (Å²) in [6.07, 6.45) is 4.79. The van der Waals surface area contributed by atoms with E-state index in [0.29, 0.717) is 33.9 Å². The second kappa shape index (κ2) is 7.25. The van der Waals surface area contributed by atoms with Gasteiger partial charge in [0, 0.05) is 29.7 Å². The zero-order valence-electron chi connectivity index (χ0n) is 14.6. The first-order valence-electron chi connectivity index (χ1n) is 8.44. The number of rotatable bonds is 3. The highest BCUT2D eigenvalue weighted by Gasteiger charge is 2.15. The minimum atomic E-state index is -0.450. The number of benzene rings is 2. The quantitative estimate of drug-likeness (QED) is 0.495. The summed E-state index contributed by atoms with van der Waals surface area (Å²) in [5.74, 6) is -0.0249. The molecule has 0 fully saturated rings. The molecule has 4 rings (SSSR count). The molecule has 134 valence electrons. The third-order valence-corrected chi connectivity index (χ3v) is 4.24. The number of hydrogen-bond acceptors (Lipinski definition) is 3. The second-order valence-corrected chi connectivity index (χ2v) is 6.00. The molecule has 0 aliphatic rings. The monoisotopic (exact) mass is 367 g/mol. The molecule has 0 unspecified atom stereocenters. The Bertz CT molecular complexity index is 1260. The van der Waals surface area contributed by atoms with Crippen LogP contribution in [0.3, 0.4) is 0 Å². The van der Waals surface area contributed by atoms with Crippen LogP contribution < -0.4 is 5.56 Å². The van der Waals surface area contributed by atoms with Crippen molar-refractivity contribution in [1.29, 1.82) is 0 Å². The van der Waals surface area contributed by atoms with Gasteiger partial charge in [-0.1, -0.05) is 30.3 Å². The van der Waals surface area contributed by atoms with E-state index in [1.807, 2.05) is 0 Å². The maximum atomic E-state index is 13.8. The van der Waals surface area contributed by atoms with Gasteiger partial charge in [-0.05, 0) is 35.9 Å². The van der Waals surface area contributed by atoms with Crippen LogP contribution >= 0.6 is 0 Å². The first-order valence-corrected chi connectivity index (χ1v) is 8.44. The van der Waals surface area contributed by atoms with Gasteiger partial charge < -0.3 is 0 Å². The van der Waals surface area contributed by atoms with E-state index < -0.39 is 5.82 Å². The molecule has 28 heavy (non-hydrogen) atoms. The van der Waals surface area contributed by atoms with Crippen molar-refractivity contribution >= 4 is 5.69 Å². The zero-order chi connectivity index (χ0) is 19.5. The Morgan fingerprint density at radius 2 is 1.71 bits per heavy atom. The van der Waals surface area contributed by atoms with Gasteiger partial charge in [0.25, 0.3) is 5.56 Å². The van der Waals surface area contributed by atoms with Crippen molar-refractivity contribution in [2.75, 3.05) is 0 Å². The number of nitrogens with zero attached hydrogens (tertiary/aromatic N) is 4. The van der Waals surface area contributed by atoms with Crippen molar-refractivity contribution in [3.63, 3.8) is 0 Å². The number of para-hydroxylation sites is 1. The van der Waals surface area contributed by atoms with Gasteiger partial charge in [-0.15, -0.1) is 0 Å². The topological polar surface area (TPSA) is 52.1 Å². The number of hydrogen-bond donors (Lipinski definition) is 0. The van der Waals surface area contributed by atoms with E-state index in [1.54, 1.807) is 61.1 Å². The molecule has 0 aliphatic heterocycles. The van der Waals surface area contributed by atoms with Crippen LogP contribution in [0.1, 0.15) is 0 Å². The highest BCUT2D eigenvalue weighted by molar-refractivity contribution is 5.80. The largest absolute Gasteiger partial charge is 0.283 e. The van der Waals surface area contributed by atoms with Gasteiger partial charge in [0.15, 0.2) is 11.5 Å². The highest BCUT2D eigenvalue weighted by Crippen LogP contribution is 2.30. The molecule has 0 N–H and O–H groups in total. The lowest BCUT2D eigenvalue weighted by atomic mass is 10.0. The predicted octanol–water partition coefficient (Wildman–Crippen LogP) is 4.65. The maximum Gasteiger partial charge on any atom is 0.261 e. The molecule has 2 aromatic carbocycles. The van der Waals surface area contributed by atoms with E-state index in [1.165, 1.54) is 22.8 Å². The van der Waals surface area contributed by atoms with Crippen LogP contribution in [-0.4, -0.2) is 14.5 Å². The van der Waals surface area contributed by atoms with Crippen molar-refractivity contribution in [2.24, 2.45) is 0 Å². The van der Waals surface area contributed by atoms with E-state index in [4.69, 9.17) is 6.57 Å². The van der Waals surface area contributed by atoms with Crippen molar-refractivity contribution in [3.8, 4) is 28.2 Å². The van der Waals surface area contributed by atoms with Gasteiger partial charge in [0.2, 0.25) is 0 Å². The third kappa shape index (κ3) is 3.17. The van der Waals surface area contributed by atoms with Gasteiger partial charge in [-0.2, -0.15) is 0 Å². The SMILES string of the molecule is [11C-]#[N+]c1ccccc1-c1cc(-c2ncccn2)cn(-c2cccc(F)c2)c1=O. The number of pyridine rings is 1. The molecule has 6 heteroatoms. The fourth-order valence-corrected chi connectivity index (χ4v) is 2.96. The molecule has 4 aromatic rings. The standard InChI is InChI=1S/C22H13FN4O/c1-24-20-9-3-2-8-18(20)19-12-15(21-25-10-5-11-26-21)14-27(22(19)28)17-7-4-6-16(23)13-17/h2-14H/i1-1. The van der Waals surface area contributed by atoms with Crippen LogP contribution in [0.15, 0.2) is 84.0 Å². The summed E-state index contributed by atoms with van der Waals surface area (Å²) < 4.78 is 15.1. The molecule has 2 heterocycles. The Labute approximate surface area is 160 Å².